The Balaban J connectivity index is 0.00000144. The van der Waals surface area contributed by atoms with E-state index in [0.717, 1.165) is 5.92 Å². The Bertz CT molecular complexity index is 204. The molecule has 0 aliphatic carbocycles. The molecule has 0 amide bonds. The summed E-state index contributed by atoms with van der Waals surface area (Å²) in [6.45, 7) is 4.57. The monoisotopic (exact) mass is 198 g/mol. The summed E-state index contributed by atoms with van der Waals surface area (Å²) in [7, 11) is 0. The van der Waals surface area contributed by atoms with Crippen molar-refractivity contribution in [3.63, 3.8) is 0 Å². The van der Waals surface area contributed by atoms with Crippen molar-refractivity contribution in [1.82, 2.24) is 0 Å². The van der Waals surface area contributed by atoms with Gasteiger partial charge in [0.05, 0.1) is 0 Å². The first-order valence-corrected chi connectivity index (χ1v) is 4.83. The second kappa shape index (κ2) is 6.97. The summed E-state index contributed by atoms with van der Waals surface area (Å²) < 4.78 is 0. The van der Waals surface area contributed by atoms with Crippen LogP contribution in [0.15, 0.2) is 30.3 Å². The summed E-state index contributed by atoms with van der Waals surface area (Å²) in [5, 5.41) is 0. The Kier molecular flexibility index (Phi) is 6.70. The molecule has 0 N–H and O–H groups in total. The highest BCUT2D eigenvalue weighted by Crippen LogP contribution is 2.09. The minimum atomic E-state index is 0. The van der Waals surface area contributed by atoms with Gasteiger partial charge in [0.1, 0.15) is 0 Å². The average molecular weight is 199 g/mol. The van der Waals surface area contributed by atoms with Crippen molar-refractivity contribution in [3.8, 4) is 0 Å². The molecule has 0 saturated heterocycles. The Hall–Kier alpha value is -0.490. The standard InChI is InChI=1S/C12H18.ClH/c1-11(2)7-6-10-12-8-4-3-5-9-12;/h3-5,8-9,11H,6-7,10H2,1-2H3;1H. The van der Waals surface area contributed by atoms with Crippen molar-refractivity contribution in [2.24, 2.45) is 5.92 Å². The lowest BCUT2D eigenvalue weighted by molar-refractivity contribution is 0.556. The highest BCUT2D eigenvalue weighted by atomic mass is 35.5. The van der Waals surface area contributed by atoms with Gasteiger partial charge in [-0.3, -0.25) is 0 Å². The van der Waals surface area contributed by atoms with Crippen LogP contribution in [0.25, 0.3) is 0 Å². The number of hydrogen-bond donors (Lipinski definition) is 0. The van der Waals surface area contributed by atoms with Gasteiger partial charge in [-0.15, -0.1) is 12.4 Å². The first-order valence-electron chi connectivity index (χ1n) is 4.83. The summed E-state index contributed by atoms with van der Waals surface area (Å²) in [6, 6.07) is 10.7. The lowest BCUT2D eigenvalue weighted by Gasteiger charge is -2.03. The molecule has 0 aliphatic rings. The fourth-order valence-corrected chi connectivity index (χ4v) is 1.36. The Labute approximate surface area is 87.8 Å². The zero-order valence-corrected chi connectivity index (χ0v) is 9.31. The highest BCUT2D eigenvalue weighted by Gasteiger charge is 1.94. The normalized spacial score (nSPS) is 9.77. The van der Waals surface area contributed by atoms with E-state index < -0.39 is 0 Å². The van der Waals surface area contributed by atoms with Crippen LogP contribution in [0, 0.1) is 5.92 Å². The van der Waals surface area contributed by atoms with Crippen LogP contribution in [0.1, 0.15) is 32.3 Å². The third-order valence-corrected chi connectivity index (χ3v) is 2.09. The number of halogens is 1. The maximum Gasteiger partial charge on any atom is -0.0279 e. The molecule has 0 aliphatic heterocycles. The van der Waals surface area contributed by atoms with Crippen molar-refractivity contribution in [2.45, 2.75) is 33.1 Å². The van der Waals surface area contributed by atoms with Crippen molar-refractivity contribution in [2.75, 3.05) is 0 Å². The predicted octanol–water partition coefficient (Wildman–Crippen LogP) is 4.09. The zero-order chi connectivity index (χ0) is 8.81. The molecular weight excluding hydrogens is 180 g/mol. The molecule has 0 fully saturated rings. The van der Waals surface area contributed by atoms with E-state index in [1.54, 1.807) is 0 Å². The van der Waals surface area contributed by atoms with Crippen LogP contribution >= 0.6 is 12.4 Å². The molecule has 0 unspecified atom stereocenters. The van der Waals surface area contributed by atoms with Crippen LogP contribution in [0.4, 0.5) is 0 Å². The second-order valence-electron chi connectivity index (χ2n) is 3.77. The van der Waals surface area contributed by atoms with Crippen molar-refractivity contribution in [1.29, 1.82) is 0 Å². The minimum Gasteiger partial charge on any atom is -0.147 e. The van der Waals surface area contributed by atoms with E-state index in [4.69, 9.17) is 0 Å². The van der Waals surface area contributed by atoms with Crippen LogP contribution < -0.4 is 0 Å². The van der Waals surface area contributed by atoms with E-state index >= 15 is 0 Å². The fourth-order valence-electron chi connectivity index (χ4n) is 1.36. The molecule has 74 valence electrons. The summed E-state index contributed by atoms with van der Waals surface area (Å²) in [5.41, 5.74) is 1.47. The van der Waals surface area contributed by atoms with Crippen LogP contribution in [0.2, 0.25) is 0 Å². The summed E-state index contributed by atoms with van der Waals surface area (Å²) >= 11 is 0. The molecule has 0 atom stereocenters. The molecule has 1 aromatic carbocycles. The van der Waals surface area contributed by atoms with Crippen LogP contribution in [0.5, 0.6) is 0 Å². The maximum atomic E-state index is 2.28. The van der Waals surface area contributed by atoms with Gasteiger partial charge >= 0.3 is 0 Å². The number of benzene rings is 1. The average Bonchev–Trinajstić information content (AvgIpc) is 2.05. The summed E-state index contributed by atoms with van der Waals surface area (Å²) in [5.74, 6) is 0.841. The van der Waals surface area contributed by atoms with Gasteiger partial charge < -0.3 is 0 Å². The SMILES string of the molecule is CC(C)CCCc1ccccc1.Cl. The molecule has 1 heteroatoms. The van der Waals surface area contributed by atoms with Gasteiger partial charge in [-0.2, -0.15) is 0 Å². The molecular formula is C12H19Cl. The maximum absolute atomic E-state index is 2.28. The number of hydrogen-bond acceptors (Lipinski definition) is 0. The molecule has 0 radical (unpaired) electrons. The molecule has 13 heavy (non-hydrogen) atoms. The summed E-state index contributed by atoms with van der Waals surface area (Å²) in [6.07, 6.45) is 3.90. The van der Waals surface area contributed by atoms with Gasteiger partial charge in [0.15, 0.2) is 0 Å². The van der Waals surface area contributed by atoms with Crippen LogP contribution in [-0.4, -0.2) is 0 Å². The molecule has 0 spiro atoms. The van der Waals surface area contributed by atoms with E-state index in [9.17, 15) is 0 Å². The Morgan fingerprint density at radius 3 is 2.23 bits per heavy atom. The minimum absolute atomic E-state index is 0. The van der Waals surface area contributed by atoms with Gasteiger partial charge in [0, 0.05) is 0 Å². The fraction of sp³-hybridized carbons (Fsp3) is 0.500. The van der Waals surface area contributed by atoms with Gasteiger partial charge in [0.25, 0.3) is 0 Å². The molecule has 1 rings (SSSR count). The lowest BCUT2D eigenvalue weighted by Crippen LogP contribution is -1.90. The number of rotatable bonds is 4. The quantitative estimate of drug-likeness (QED) is 0.684. The molecule has 0 heterocycles. The van der Waals surface area contributed by atoms with E-state index in [1.165, 1.54) is 24.8 Å². The first-order chi connectivity index (χ1) is 5.79. The predicted molar refractivity (Wildman–Crippen MR) is 61.5 cm³/mol. The first kappa shape index (κ1) is 12.5. The van der Waals surface area contributed by atoms with Crippen LogP contribution in [0.3, 0.4) is 0 Å². The third-order valence-electron chi connectivity index (χ3n) is 2.09. The van der Waals surface area contributed by atoms with E-state index in [2.05, 4.69) is 44.2 Å². The van der Waals surface area contributed by atoms with Gasteiger partial charge in [-0.05, 0) is 24.3 Å². The smallest absolute Gasteiger partial charge is 0.0279 e. The summed E-state index contributed by atoms with van der Waals surface area (Å²) in [4.78, 5) is 0. The van der Waals surface area contributed by atoms with Gasteiger partial charge in [-0.1, -0.05) is 50.6 Å². The van der Waals surface area contributed by atoms with Crippen molar-refractivity contribution in [3.05, 3.63) is 35.9 Å². The van der Waals surface area contributed by atoms with E-state index in [-0.39, 0.29) is 12.4 Å². The third kappa shape index (κ3) is 5.70. The van der Waals surface area contributed by atoms with Crippen LogP contribution in [-0.2, 0) is 6.42 Å². The zero-order valence-electron chi connectivity index (χ0n) is 8.49. The molecule has 0 saturated carbocycles. The topological polar surface area (TPSA) is 0 Å². The van der Waals surface area contributed by atoms with Crippen molar-refractivity contribution >= 4 is 12.4 Å². The second-order valence-corrected chi connectivity index (χ2v) is 3.77. The number of aryl methyl sites for hydroxylation is 1. The van der Waals surface area contributed by atoms with E-state index in [0.29, 0.717) is 0 Å². The Morgan fingerprint density at radius 2 is 1.69 bits per heavy atom. The molecule has 0 nitrogen and oxygen atoms in total. The molecule has 0 bridgehead atoms. The largest absolute Gasteiger partial charge is 0.147 e. The van der Waals surface area contributed by atoms with Gasteiger partial charge in [-0.25, -0.2) is 0 Å². The molecule has 0 aromatic heterocycles. The lowest BCUT2D eigenvalue weighted by atomic mass is 10.0. The Morgan fingerprint density at radius 1 is 1.08 bits per heavy atom. The van der Waals surface area contributed by atoms with Crippen molar-refractivity contribution < 1.29 is 0 Å². The highest BCUT2D eigenvalue weighted by molar-refractivity contribution is 5.85. The van der Waals surface area contributed by atoms with Gasteiger partial charge in [0.2, 0.25) is 0 Å². The van der Waals surface area contributed by atoms with E-state index in [1.807, 2.05) is 0 Å². The molecule has 1 aromatic rings.